The van der Waals surface area contributed by atoms with Crippen molar-refractivity contribution in [2.75, 3.05) is 6.61 Å². The molecule has 10 aliphatic heterocycles. The molecule has 0 aliphatic carbocycles. The molecule has 10 heterocycles. The van der Waals surface area contributed by atoms with Gasteiger partial charge in [0.25, 0.3) is 0 Å². The molecule has 10 fully saturated rings. The summed E-state index contributed by atoms with van der Waals surface area (Å²) in [5.74, 6) is 0.440. The van der Waals surface area contributed by atoms with Crippen molar-refractivity contribution in [1.29, 1.82) is 0 Å². The van der Waals surface area contributed by atoms with E-state index in [-0.39, 0.29) is 0 Å². The monoisotopic (exact) mass is 260 g/mol. The summed E-state index contributed by atoms with van der Waals surface area (Å²) in [7, 11) is 0. The zero-order chi connectivity index (χ0) is 10.4. The number of hydrogen-bond acceptors (Lipinski definition) is 1. The second-order valence-corrected chi connectivity index (χ2v) is 35.1. The fraction of sp³-hybridized carbons (Fsp3) is 1.00. The summed E-state index contributed by atoms with van der Waals surface area (Å²) >= 11 is 0. The Morgan fingerprint density at radius 2 is 0.938 bits per heavy atom. The van der Waals surface area contributed by atoms with Gasteiger partial charge in [0.2, 0.25) is 0 Å². The first-order chi connectivity index (χ1) is 7.43. The van der Waals surface area contributed by atoms with E-state index < -0.39 is 6.51 Å². The van der Waals surface area contributed by atoms with Crippen LogP contribution in [-0.2, 0) is 6.51 Å². The first-order valence-electron chi connectivity index (χ1n) is 7.25. The summed E-state index contributed by atoms with van der Waals surface area (Å²) in [6, 6.07) is 0. The van der Waals surface area contributed by atoms with E-state index in [4.69, 9.17) is 5.11 Å². The average Bonchev–Trinajstić information content (AvgIpc) is 3.21. The molecule has 0 saturated carbocycles. The second-order valence-electron chi connectivity index (χ2n) is 11.2. The molecule has 10 rings (SSSR count). The number of aliphatic hydroxyl groups excluding tert-OH is 1. The van der Waals surface area contributed by atoms with Crippen molar-refractivity contribution in [3.8, 4) is 0 Å². The van der Waals surface area contributed by atoms with Gasteiger partial charge in [-0.25, -0.2) is 0 Å². The summed E-state index contributed by atoms with van der Waals surface area (Å²) in [5.41, 5.74) is 0. The maximum absolute atomic E-state index is 8.14. The number of aliphatic hydroxyl groups is 1. The summed E-state index contributed by atoms with van der Waals surface area (Å²) in [4.78, 5) is 15.9. The van der Waals surface area contributed by atoms with E-state index in [1.165, 1.54) is 0 Å². The third-order valence-electron chi connectivity index (χ3n) is 14.9. The van der Waals surface area contributed by atoms with Crippen LogP contribution in [0.25, 0.3) is 0 Å². The van der Waals surface area contributed by atoms with Crippen molar-refractivity contribution in [2.45, 2.75) is 62.0 Å². The standard InChI is InChI=1S/2C5H5.C4H10O.Fe/c2*1-2-4-5-3-1;1-4(2)3-5;/h2*1-5H;4-5H,3H2,1-2H3;. The molecule has 0 aromatic carbocycles. The Morgan fingerprint density at radius 1 is 0.750 bits per heavy atom. The zero-order valence-electron chi connectivity index (χ0n) is 9.86. The van der Waals surface area contributed by atoms with Gasteiger partial charge >= 0.3 is 54.7 Å². The van der Waals surface area contributed by atoms with E-state index in [2.05, 4.69) is 0 Å². The second kappa shape index (κ2) is 0.514. The Hall–Kier alpha value is 0.479. The molecular weight excluding hydrogens is 240 g/mol. The van der Waals surface area contributed by atoms with Crippen molar-refractivity contribution >= 4 is 0 Å². The molecule has 0 atom stereocenters. The van der Waals surface area contributed by atoms with E-state index >= 15 is 0 Å². The molecule has 2 heteroatoms. The van der Waals surface area contributed by atoms with Crippen molar-refractivity contribution in [1.82, 2.24) is 0 Å². The number of rotatable bonds is 1. The molecule has 0 unspecified atom stereocenters. The van der Waals surface area contributed by atoms with Crippen LogP contribution in [0.5, 0.6) is 0 Å². The molecule has 0 aromatic rings. The van der Waals surface area contributed by atoms with Gasteiger partial charge in [-0.05, 0) is 5.92 Å². The predicted molar refractivity (Wildman–Crippen MR) is 59.4 cm³/mol. The molecule has 1 spiro atoms. The molecular formula is C14H20FeO. The SMILES string of the molecule is CC(C)CO.[CH]12[CH]3[CH]4[CH]5[CH]1[Fe]23451678[CH]2[CH]1[CH]6[CH]7[CH]28. The first kappa shape index (κ1) is 6.59. The molecule has 0 radical (unpaired) electrons. The van der Waals surface area contributed by atoms with Crippen LogP contribution in [0.15, 0.2) is 0 Å². The quantitative estimate of drug-likeness (QED) is 0.706. The van der Waals surface area contributed by atoms with Crippen LogP contribution in [0.1, 0.15) is 13.8 Å². The minimum atomic E-state index is -2.28. The van der Waals surface area contributed by atoms with Crippen LogP contribution in [0, 0.1) is 5.92 Å². The van der Waals surface area contributed by atoms with Gasteiger partial charge in [0.05, 0.1) is 0 Å². The van der Waals surface area contributed by atoms with Gasteiger partial charge in [-0.15, -0.1) is 0 Å². The van der Waals surface area contributed by atoms with Gasteiger partial charge < -0.3 is 5.11 Å². The van der Waals surface area contributed by atoms with E-state index in [1.54, 1.807) is 48.2 Å². The number of hydrogen-bond donors (Lipinski definition) is 1. The Bertz CT molecular complexity index is 638. The van der Waals surface area contributed by atoms with Gasteiger partial charge in [0.15, 0.2) is 0 Å². The van der Waals surface area contributed by atoms with E-state index in [9.17, 15) is 0 Å². The molecule has 10 aliphatic rings. The molecule has 0 bridgehead atoms. The molecule has 0 amide bonds. The van der Waals surface area contributed by atoms with Gasteiger partial charge in [0, 0.05) is 6.61 Å². The van der Waals surface area contributed by atoms with Crippen LogP contribution < -0.4 is 0 Å². The van der Waals surface area contributed by atoms with Crippen LogP contribution in [-0.4, -0.2) is 11.7 Å². The van der Waals surface area contributed by atoms with Crippen molar-refractivity contribution in [3.05, 3.63) is 0 Å². The molecule has 0 aromatic heterocycles. The Labute approximate surface area is 86.3 Å². The molecule has 1 N–H and O–H groups in total. The maximum atomic E-state index is 8.14. The molecule has 10 saturated heterocycles. The normalized spacial score (nSPS) is 120. The summed E-state index contributed by atoms with van der Waals surface area (Å²) in [5, 5.41) is 8.14. The molecule has 90 valence electrons. The molecule has 1 nitrogen and oxygen atoms in total. The third-order valence-corrected chi connectivity index (χ3v) is 56.8. The van der Waals surface area contributed by atoms with E-state index in [0.29, 0.717) is 12.5 Å². The summed E-state index contributed by atoms with van der Waals surface area (Å²) in [6.07, 6.45) is 0. The van der Waals surface area contributed by atoms with Crippen LogP contribution in [0.4, 0.5) is 0 Å². The fourth-order valence-corrected chi connectivity index (χ4v) is 88.0. The topological polar surface area (TPSA) is 20.2 Å². The van der Waals surface area contributed by atoms with E-state index in [0.717, 1.165) is 0 Å². The third kappa shape index (κ3) is 0.0642. The van der Waals surface area contributed by atoms with Crippen molar-refractivity contribution in [3.63, 3.8) is 0 Å². The first-order valence-corrected chi connectivity index (χ1v) is 13.6. The molecule has 16 heavy (non-hydrogen) atoms. The van der Waals surface area contributed by atoms with Gasteiger partial charge in [-0.2, -0.15) is 0 Å². The van der Waals surface area contributed by atoms with Gasteiger partial charge in [-0.3, -0.25) is 0 Å². The van der Waals surface area contributed by atoms with Crippen molar-refractivity contribution < 1.29 is 11.6 Å². The van der Waals surface area contributed by atoms with Crippen molar-refractivity contribution in [2.24, 2.45) is 5.92 Å². The number of fused-ring (bicyclic) bond motifs is 10. The average molecular weight is 260 g/mol. The van der Waals surface area contributed by atoms with E-state index in [1.807, 2.05) is 13.8 Å². The Balaban J connectivity index is 0.000000105. The van der Waals surface area contributed by atoms with Crippen LogP contribution in [0.2, 0.25) is 48.2 Å². The van der Waals surface area contributed by atoms with Gasteiger partial charge in [-0.1, -0.05) is 13.8 Å². The Morgan fingerprint density at radius 3 is 0.938 bits per heavy atom. The predicted octanol–water partition coefficient (Wildman–Crippen LogP) is 4.01. The summed E-state index contributed by atoms with van der Waals surface area (Å²) < 4.78 is 0. The van der Waals surface area contributed by atoms with Crippen LogP contribution >= 0.6 is 0 Å². The fourth-order valence-electron chi connectivity index (χ4n) is 15.8. The zero-order valence-corrected chi connectivity index (χ0v) is 11.0. The van der Waals surface area contributed by atoms with Gasteiger partial charge in [0.1, 0.15) is 0 Å². The minimum absolute atomic E-state index is 0.306. The van der Waals surface area contributed by atoms with Crippen LogP contribution in [0.3, 0.4) is 0 Å². The Kier molecular flexibility index (Phi) is 0.212. The summed E-state index contributed by atoms with van der Waals surface area (Å²) in [6.45, 7) is 1.97.